The van der Waals surface area contributed by atoms with E-state index in [1.54, 1.807) is 69.2 Å². The van der Waals surface area contributed by atoms with Crippen molar-refractivity contribution in [2.75, 3.05) is 40.3 Å². The van der Waals surface area contributed by atoms with Gasteiger partial charge in [0.1, 0.15) is 35.4 Å². The molecule has 0 aliphatic carbocycles. The molecule has 5 N–H and O–H groups in total. The fourth-order valence-corrected chi connectivity index (χ4v) is 10.1. The Balaban J connectivity index is 1.32. The zero-order valence-electron chi connectivity index (χ0n) is 53.3. The van der Waals surface area contributed by atoms with Crippen molar-refractivity contribution in [3.8, 4) is 0 Å². The van der Waals surface area contributed by atoms with Gasteiger partial charge in [0, 0.05) is 75.8 Å². The van der Waals surface area contributed by atoms with Crippen molar-refractivity contribution in [2.45, 2.75) is 183 Å². The van der Waals surface area contributed by atoms with Gasteiger partial charge in [-0.3, -0.25) is 43.3 Å². The number of nitrogens with zero attached hydrogens (tertiary/aromatic N) is 4. The van der Waals surface area contributed by atoms with Gasteiger partial charge >= 0.3 is 12.2 Å². The van der Waals surface area contributed by atoms with E-state index in [2.05, 4.69) is 26.6 Å². The summed E-state index contributed by atoms with van der Waals surface area (Å²) < 4.78 is 11.0. The second-order valence-corrected chi connectivity index (χ2v) is 26.9. The van der Waals surface area contributed by atoms with E-state index in [-0.39, 0.29) is 62.4 Å². The van der Waals surface area contributed by atoms with E-state index >= 15 is 0 Å². The van der Waals surface area contributed by atoms with Crippen molar-refractivity contribution in [3.05, 3.63) is 107 Å². The zero-order valence-corrected chi connectivity index (χ0v) is 53.3. The van der Waals surface area contributed by atoms with Crippen LogP contribution in [-0.2, 0) is 51.1 Å². The minimum Gasteiger partial charge on any atom is -0.444 e. The first-order chi connectivity index (χ1) is 39.9. The molecule has 470 valence electrons. The molecule has 2 fully saturated rings. The van der Waals surface area contributed by atoms with Crippen molar-refractivity contribution >= 4 is 59.3 Å². The van der Waals surface area contributed by atoms with Gasteiger partial charge in [-0.05, 0) is 127 Å². The second-order valence-electron chi connectivity index (χ2n) is 26.9. The molecule has 86 heavy (non-hydrogen) atoms. The number of likely N-dealkylation sites (N-methyl/N-ethyl adjacent to an activating group) is 2. The molecule has 9 amide bonds. The molecule has 0 aromatic heterocycles. The lowest BCUT2D eigenvalue weighted by molar-refractivity contribution is -0.146. The van der Waals surface area contributed by atoms with Crippen LogP contribution in [0, 0.1) is 16.7 Å². The van der Waals surface area contributed by atoms with Gasteiger partial charge in [-0.1, -0.05) is 102 Å². The fourth-order valence-electron chi connectivity index (χ4n) is 10.1. The molecular formula is C65H93N9O12. The second kappa shape index (κ2) is 29.0. The van der Waals surface area contributed by atoms with E-state index < -0.39 is 124 Å². The van der Waals surface area contributed by atoms with E-state index in [0.717, 1.165) is 16.0 Å². The molecule has 8 atom stereocenters. The lowest BCUT2D eigenvalue weighted by atomic mass is 9.76. The first-order valence-corrected chi connectivity index (χ1v) is 29.7. The zero-order chi connectivity index (χ0) is 64.2. The predicted octanol–water partition coefficient (Wildman–Crippen LogP) is 6.47. The Morgan fingerprint density at radius 2 is 0.919 bits per heavy atom. The van der Waals surface area contributed by atoms with Crippen LogP contribution in [-0.4, -0.2) is 173 Å². The van der Waals surface area contributed by atoms with Crippen LogP contribution in [0.4, 0.5) is 9.59 Å². The van der Waals surface area contributed by atoms with Crippen molar-refractivity contribution in [1.82, 2.24) is 46.2 Å². The third-order valence-corrected chi connectivity index (χ3v) is 15.5. The molecule has 2 saturated heterocycles. The van der Waals surface area contributed by atoms with Gasteiger partial charge in [-0.15, -0.1) is 0 Å². The van der Waals surface area contributed by atoms with E-state index in [0.29, 0.717) is 12.8 Å². The summed E-state index contributed by atoms with van der Waals surface area (Å²) in [5, 5.41) is 14.7. The molecular weight excluding hydrogens is 1100 g/mol. The average molecular weight is 1190 g/mol. The lowest BCUT2D eigenvalue weighted by Crippen LogP contribution is -2.60. The molecule has 0 spiro atoms. The van der Waals surface area contributed by atoms with Crippen LogP contribution in [0.5, 0.6) is 0 Å². The van der Waals surface area contributed by atoms with Crippen LogP contribution in [0.1, 0.15) is 148 Å². The summed E-state index contributed by atoms with van der Waals surface area (Å²) in [7, 11) is 2.89. The van der Waals surface area contributed by atoms with E-state index in [4.69, 9.17) is 9.47 Å². The SMILES string of the molecule is C[C@@H](C(=O)C[C@H](C(=O)N1C[C@@H](NC(=O)c2ccc(C(=O)N[C@H]3C[C@@H](C(=O)NCCc4ccccc4)N(C(=O)[C@@H](NC(=O)[C@H](C)N(C)C(=O)OC(C)(C)C)C(C)(C)C)C3)cc2)C[C@H]1C(=O)NCCc1ccccc1)C(C)(C)C)N(C)C(=O)OC(C)(C)C. The van der Waals surface area contributed by atoms with Gasteiger partial charge in [-0.25, -0.2) is 9.59 Å². The number of carbonyl (C=O) groups excluding carboxylic acids is 10. The number of ketones is 1. The third-order valence-electron chi connectivity index (χ3n) is 15.5. The number of hydrogen-bond donors (Lipinski definition) is 5. The highest BCUT2D eigenvalue weighted by molar-refractivity contribution is 5.99. The molecule has 0 saturated carbocycles. The molecule has 2 heterocycles. The van der Waals surface area contributed by atoms with Crippen molar-refractivity contribution in [2.24, 2.45) is 16.7 Å². The number of Topliss-reactive ketones (excluding diaryl/α,β-unsaturated/α-hetero) is 1. The molecule has 5 rings (SSSR count). The molecule has 2 aliphatic rings. The Labute approximate surface area is 507 Å². The van der Waals surface area contributed by atoms with Crippen LogP contribution >= 0.6 is 0 Å². The number of nitrogens with one attached hydrogen (secondary N) is 5. The smallest absolute Gasteiger partial charge is 0.410 e. The maximum Gasteiger partial charge on any atom is 0.410 e. The first-order valence-electron chi connectivity index (χ1n) is 29.7. The molecule has 0 unspecified atom stereocenters. The van der Waals surface area contributed by atoms with Crippen LogP contribution in [0.2, 0.25) is 0 Å². The Morgan fingerprint density at radius 1 is 0.535 bits per heavy atom. The van der Waals surface area contributed by atoms with Gasteiger partial charge < -0.3 is 50.8 Å². The van der Waals surface area contributed by atoms with Crippen molar-refractivity contribution in [1.29, 1.82) is 0 Å². The van der Waals surface area contributed by atoms with E-state index in [1.165, 1.54) is 60.0 Å². The standard InChI is InChI=1S/C65H93N9O12/c1-40(71(15)60(83)85-64(9,10)11)51(75)37-48(62(3,4)5)58(81)73-38-46(35-49(73)56(79)66-33-31-42-23-19-17-20-24-42)68-54(77)44-27-29-45(30-28-44)55(78)69-47-36-50(57(80)67-34-32-43-25-21-18-22-26-43)74(39-47)59(82)52(63(6,7)8)70-53(76)41(2)72(16)61(84)86-65(12,13)14/h17-30,40-41,46-50,52H,31-39H2,1-16H3,(H,66,79)(H,67,80)(H,68,77)(H,69,78)(H,70,76)/t40-,41-,46-,47-,48+,49-,50-,52+/m0/s1. The van der Waals surface area contributed by atoms with E-state index in [9.17, 15) is 47.9 Å². The molecule has 3 aromatic carbocycles. The first kappa shape index (κ1) is 68.9. The molecule has 0 radical (unpaired) electrons. The van der Waals surface area contributed by atoms with Crippen molar-refractivity contribution in [3.63, 3.8) is 0 Å². The summed E-state index contributed by atoms with van der Waals surface area (Å²) in [5.41, 5.74) is -0.907. The van der Waals surface area contributed by atoms with Crippen LogP contribution in [0.25, 0.3) is 0 Å². The Kier molecular flexibility index (Phi) is 23.3. The Bertz CT molecular complexity index is 2700. The number of hydrogen-bond acceptors (Lipinski definition) is 12. The summed E-state index contributed by atoms with van der Waals surface area (Å²) in [6, 6.07) is 18.5. The topological polar surface area (TPSA) is 262 Å². The summed E-state index contributed by atoms with van der Waals surface area (Å²) in [4.78, 5) is 145. The van der Waals surface area contributed by atoms with E-state index in [1.807, 2.05) is 81.4 Å². The molecule has 2 aliphatic heterocycles. The maximum absolute atomic E-state index is 14.8. The number of likely N-dealkylation sites (tertiary alicyclic amines) is 2. The van der Waals surface area contributed by atoms with Gasteiger partial charge in [0.2, 0.25) is 29.5 Å². The largest absolute Gasteiger partial charge is 0.444 e. The van der Waals surface area contributed by atoms with Crippen LogP contribution in [0.15, 0.2) is 84.9 Å². The summed E-state index contributed by atoms with van der Waals surface area (Å²) in [5.74, 6) is -4.84. The number of benzene rings is 3. The number of rotatable bonds is 21. The molecule has 3 aromatic rings. The summed E-state index contributed by atoms with van der Waals surface area (Å²) >= 11 is 0. The molecule has 21 heteroatoms. The average Bonchev–Trinajstić information content (AvgIpc) is 1.81. The Hall–Kier alpha value is -7.84. The van der Waals surface area contributed by atoms with Gasteiger partial charge in [0.25, 0.3) is 11.8 Å². The van der Waals surface area contributed by atoms with Crippen LogP contribution < -0.4 is 26.6 Å². The molecule has 0 bridgehead atoms. The quantitative estimate of drug-likeness (QED) is 0.0769. The fraction of sp³-hybridized carbons (Fsp3) is 0.569. The number of carbonyl (C=O) groups is 10. The highest BCUT2D eigenvalue weighted by Gasteiger charge is 2.48. The minimum atomic E-state index is -1.16. The predicted molar refractivity (Wildman–Crippen MR) is 326 cm³/mol. The highest BCUT2D eigenvalue weighted by Crippen LogP contribution is 2.35. The van der Waals surface area contributed by atoms with Crippen molar-refractivity contribution < 1.29 is 57.4 Å². The lowest BCUT2D eigenvalue weighted by Gasteiger charge is -2.36. The molecule has 21 nitrogen and oxygen atoms in total. The van der Waals surface area contributed by atoms with Gasteiger partial charge in [-0.2, -0.15) is 0 Å². The van der Waals surface area contributed by atoms with Gasteiger partial charge in [0.15, 0.2) is 5.78 Å². The minimum absolute atomic E-state index is 0.0437. The summed E-state index contributed by atoms with van der Waals surface area (Å²) in [6.45, 7) is 24.6. The summed E-state index contributed by atoms with van der Waals surface area (Å²) in [6.07, 6.45) is -0.476. The number of amides is 9. The normalized spacial score (nSPS) is 18.5. The number of ether oxygens (including phenoxy) is 2. The van der Waals surface area contributed by atoms with Gasteiger partial charge in [0.05, 0.1) is 6.04 Å². The third kappa shape index (κ3) is 19.6. The maximum atomic E-state index is 14.8. The Morgan fingerprint density at radius 3 is 1.29 bits per heavy atom. The highest BCUT2D eigenvalue weighted by atomic mass is 16.6. The monoisotopic (exact) mass is 1190 g/mol. The van der Waals surface area contributed by atoms with Crippen LogP contribution in [0.3, 0.4) is 0 Å².